The van der Waals surface area contributed by atoms with Gasteiger partial charge in [-0.05, 0) is 26.7 Å². The lowest BCUT2D eigenvalue weighted by atomic mass is 10.2. The van der Waals surface area contributed by atoms with Crippen molar-refractivity contribution in [2.24, 2.45) is 12.0 Å². The third-order valence-corrected chi connectivity index (χ3v) is 3.75. The van der Waals surface area contributed by atoms with E-state index in [1.54, 1.807) is 14.2 Å². The van der Waals surface area contributed by atoms with Crippen molar-refractivity contribution in [3.63, 3.8) is 0 Å². The molecule has 0 aliphatic rings. The third-order valence-electron chi connectivity index (χ3n) is 3.75. The summed E-state index contributed by atoms with van der Waals surface area (Å²) in [5, 5.41) is 11.1. The normalized spacial score (nSPS) is 11.8. The number of hydrogen-bond acceptors (Lipinski definition) is 4. The van der Waals surface area contributed by atoms with Gasteiger partial charge in [0.25, 0.3) is 0 Å². The smallest absolute Gasteiger partial charge is 0.191 e. The van der Waals surface area contributed by atoms with E-state index in [0.29, 0.717) is 13.2 Å². The zero-order valence-electron chi connectivity index (χ0n) is 15.1. The van der Waals surface area contributed by atoms with E-state index in [0.717, 1.165) is 44.2 Å². The van der Waals surface area contributed by atoms with Crippen LogP contribution in [0.3, 0.4) is 0 Å². The topological polar surface area (TPSA) is 72.7 Å². The molecule has 0 amide bonds. The van der Waals surface area contributed by atoms with E-state index in [1.165, 1.54) is 11.3 Å². The Balaban J connectivity index is 2.20. The molecule has 0 aliphatic carbocycles. The van der Waals surface area contributed by atoms with Crippen molar-refractivity contribution in [3.8, 4) is 0 Å². The van der Waals surface area contributed by atoms with Gasteiger partial charge in [0.05, 0.1) is 18.9 Å². The van der Waals surface area contributed by atoms with Crippen LogP contribution in [0.2, 0.25) is 0 Å². The highest BCUT2D eigenvalue weighted by atomic mass is 16.5. The van der Waals surface area contributed by atoms with Crippen LogP contribution in [0.1, 0.15) is 29.8 Å². The van der Waals surface area contributed by atoms with Crippen LogP contribution >= 0.6 is 0 Å². The molecule has 0 unspecified atom stereocenters. The fraction of sp³-hybridized carbons (Fsp3) is 0.750. The van der Waals surface area contributed by atoms with Gasteiger partial charge in [-0.15, -0.1) is 0 Å². The van der Waals surface area contributed by atoms with E-state index >= 15 is 0 Å². The summed E-state index contributed by atoms with van der Waals surface area (Å²) >= 11 is 0. The summed E-state index contributed by atoms with van der Waals surface area (Å²) in [6.45, 7) is 7.80. The average Bonchev–Trinajstić information content (AvgIpc) is 2.78. The lowest BCUT2D eigenvalue weighted by Gasteiger charge is -2.12. The summed E-state index contributed by atoms with van der Waals surface area (Å²) < 4.78 is 12.3. The summed E-state index contributed by atoms with van der Waals surface area (Å²) in [6, 6.07) is 0. The van der Waals surface area contributed by atoms with Gasteiger partial charge in [0, 0.05) is 52.2 Å². The van der Waals surface area contributed by atoms with Crippen molar-refractivity contribution in [2.45, 2.75) is 33.2 Å². The fourth-order valence-corrected chi connectivity index (χ4v) is 2.25. The van der Waals surface area contributed by atoms with Crippen LogP contribution in [-0.4, -0.2) is 56.3 Å². The molecular formula is C16H31N5O2. The molecule has 0 saturated carbocycles. The first-order valence-corrected chi connectivity index (χ1v) is 8.10. The van der Waals surface area contributed by atoms with E-state index in [2.05, 4.69) is 27.6 Å². The molecule has 2 N–H and O–H groups in total. The quantitative estimate of drug-likeness (QED) is 0.383. The minimum atomic E-state index is 0.655. The van der Waals surface area contributed by atoms with Gasteiger partial charge in [0.1, 0.15) is 0 Å². The number of rotatable bonds is 10. The molecule has 7 nitrogen and oxygen atoms in total. The molecule has 0 fully saturated rings. The number of guanidine groups is 1. The Bertz CT molecular complexity index is 485. The first-order chi connectivity index (χ1) is 11.1. The van der Waals surface area contributed by atoms with Gasteiger partial charge in [-0.25, -0.2) is 0 Å². The van der Waals surface area contributed by atoms with E-state index in [4.69, 9.17) is 9.47 Å². The summed E-state index contributed by atoms with van der Waals surface area (Å²) in [6.07, 6.45) is 2.06. The summed E-state index contributed by atoms with van der Waals surface area (Å²) in [4.78, 5) is 4.25. The molecule has 1 rings (SSSR count). The lowest BCUT2D eigenvalue weighted by Crippen LogP contribution is -2.37. The van der Waals surface area contributed by atoms with Gasteiger partial charge < -0.3 is 20.1 Å². The van der Waals surface area contributed by atoms with Crippen molar-refractivity contribution in [3.05, 3.63) is 17.0 Å². The summed E-state index contributed by atoms with van der Waals surface area (Å²) in [5.74, 6) is 0.813. The van der Waals surface area contributed by atoms with Gasteiger partial charge in [0.2, 0.25) is 0 Å². The molecule has 0 aliphatic heterocycles. The van der Waals surface area contributed by atoms with Crippen LogP contribution in [0.25, 0.3) is 0 Å². The summed E-state index contributed by atoms with van der Waals surface area (Å²) in [5.41, 5.74) is 3.46. The minimum absolute atomic E-state index is 0.655. The highest BCUT2D eigenvalue weighted by molar-refractivity contribution is 5.79. The van der Waals surface area contributed by atoms with Gasteiger partial charge in [-0.2, -0.15) is 5.10 Å². The number of hydrogen-bond donors (Lipinski definition) is 2. The van der Waals surface area contributed by atoms with Crippen LogP contribution in [0, 0.1) is 13.8 Å². The second-order valence-corrected chi connectivity index (χ2v) is 5.44. The molecule has 0 saturated heterocycles. The van der Waals surface area contributed by atoms with Crippen LogP contribution in [-0.2, 0) is 23.1 Å². The number of nitrogens with one attached hydrogen (secondary N) is 2. The second-order valence-electron chi connectivity index (χ2n) is 5.44. The van der Waals surface area contributed by atoms with Crippen molar-refractivity contribution in [2.75, 3.05) is 40.5 Å². The van der Waals surface area contributed by atoms with E-state index < -0.39 is 0 Å². The molecule has 0 bridgehead atoms. The number of aryl methyl sites for hydroxylation is 2. The van der Waals surface area contributed by atoms with Crippen LogP contribution in [0.5, 0.6) is 0 Å². The Morgan fingerprint density at radius 2 is 1.96 bits per heavy atom. The van der Waals surface area contributed by atoms with Crippen molar-refractivity contribution in [1.82, 2.24) is 20.4 Å². The first-order valence-electron chi connectivity index (χ1n) is 8.10. The largest absolute Gasteiger partial charge is 0.382 e. The predicted molar refractivity (Wildman–Crippen MR) is 92.8 cm³/mol. The Labute approximate surface area is 139 Å². The monoisotopic (exact) mass is 325 g/mol. The van der Waals surface area contributed by atoms with Crippen molar-refractivity contribution >= 4 is 5.96 Å². The Kier molecular flexibility index (Phi) is 9.31. The standard InChI is InChI=1S/C16H31N5O2/c1-13-15(14(2)21(4)20-13)12-19-16(17-3)18-8-6-7-9-23-11-10-22-5/h6-12H2,1-5H3,(H2,17,18,19). The molecular weight excluding hydrogens is 294 g/mol. The van der Waals surface area contributed by atoms with Gasteiger partial charge in [0.15, 0.2) is 5.96 Å². The number of nitrogens with zero attached hydrogens (tertiary/aromatic N) is 3. The van der Waals surface area contributed by atoms with Crippen LogP contribution in [0.4, 0.5) is 0 Å². The summed E-state index contributed by atoms with van der Waals surface area (Å²) in [7, 11) is 5.43. The maximum absolute atomic E-state index is 5.43. The molecule has 1 aromatic heterocycles. The average molecular weight is 325 g/mol. The van der Waals surface area contributed by atoms with Crippen molar-refractivity contribution in [1.29, 1.82) is 0 Å². The molecule has 0 spiro atoms. The van der Waals surface area contributed by atoms with E-state index in [-0.39, 0.29) is 0 Å². The van der Waals surface area contributed by atoms with Gasteiger partial charge in [-0.3, -0.25) is 9.67 Å². The Morgan fingerprint density at radius 1 is 1.17 bits per heavy atom. The van der Waals surface area contributed by atoms with Crippen LogP contribution in [0.15, 0.2) is 4.99 Å². The predicted octanol–water partition coefficient (Wildman–Crippen LogP) is 1.15. The lowest BCUT2D eigenvalue weighted by molar-refractivity contribution is 0.0689. The third kappa shape index (κ3) is 7.00. The van der Waals surface area contributed by atoms with Crippen LogP contribution < -0.4 is 10.6 Å². The number of methoxy groups -OCH3 is 1. The molecule has 7 heteroatoms. The molecule has 0 radical (unpaired) electrons. The number of aliphatic imine (C=N–C) groups is 1. The maximum Gasteiger partial charge on any atom is 0.191 e. The molecule has 1 heterocycles. The molecule has 1 aromatic rings. The SMILES string of the molecule is CN=C(NCCCCOCCOC)NCc1c(C)nn(C)c1C. The molecule has 0 atom stereocenters. The minimum Gasteiger partial charge on any atom is -0.382 e. The van der Waals surface area contributed by atoms with E-state index in [1.807, 2.05) is 18.7 Å². The first kappa shape index (κ1) is 19.4. The zero-order chi connectivity index (χ0) is 17.1. The molecule has 0 aromatic carbocycles. The molecule has 23 heavy (non-hydrogen) atoms. The number of ether oxygens (including phenoxy) is 2. The van der Waals surface area contributed by atoms with Gasteiger partial charge in [-0.1, -0.05) is 0 Å². The Morgan fingerprint density at radius 3 is 2.57 bits per heavy atom. The second kappa shape index (κ2) is 11.0. The maximum atomic E-state index is 5.43. The fourth-order valence-electron chi connectivity index (χ4n) is 2.25. The number of unbranched alkanes of at least 4 members (excludes halogenated alkanes) is 1. The molecule has 132 valence electrons. The number of aromatic nitrogens is 2. The highest BCUT2D eigenvalue weighted by Gasteiger charge is 2.09. The zero-order valence-corrected chi connectivity index (χ0v) is 15.1. The highest BCUT2D eigenvalue weighted by Crippen LogP contribution is 2.10. The Hall–Kier alpha value is -1.60. The van der Waals surface area contributed by atoms with Crippen molar-refractivity contribution < 1.29 is 9.47 Å². The van der Waals surface area contributed by atoms with E-state index in [9.17, 15) is 0 Å². The van der Waals surface area contributed by atoms with Gasteiger partial charge >= 0.3 is 0 Å².